The van der Waals surface area contributed by atoms with Gasteiger partial charge in [0.05, 0.1) is 19.1 Å². The minimum Gasteiger partial charge on any atom is -0.478 e. The van der Waals surface area contributed by atoms with Crippen molar-refractivity contribution < 1.29 is 49.8 Å². The van der Waals surface area contributed by atoms with Crippen LogP contribution in [0.3, 0.4) is 0 Å². The van der Waals surface area contributed by atoms with Crippen molar-refractivity contribution in [1.29, 1.82) is 0 Å². The standard InChI is InChI=1S/C16H21NO10/c18-6-11(20)14(23)10(19)5-13(22)17-12(21)4-8-3-7(15(24)25)1-2-9(8)16(26)27/h2-3,8,10-11,14,18-20,23H,1,4-6H2,(H,24,25)(H,26,27)(H,17,21,22)/t8?,10-,11-,14+/m1/s1. The maximum atomic E-state index is 11.9. The molecule has 7 N–H and O–H groups in total. The molecule has 0 fully saturated rings. The Balaban J connectivity index is 2.69. The van der Waals surface area contributed by atoms with Gasteiger partial charge < -0.3 is 30.6 Å². The number of carboxylic acid groups (broad SMARTS) is 2. The Morgan fingerprint density at radius 2 is 1.67 bits per heavy atom. The Kier molecular flexibility index (Phi) is 8.25. The van der Waals surface area contributed by atoms with Gasteiger partial charge in [0.1, 0.15) is 12.2 Å². The van der Waals surface area contributed by atoms with E-state index in [0.717, 1.165) is 6.08 Å². The van der Waals surface area contributed by atoms with E-state index in [0.29, 0.717) is 0 Å². The molecule has 0 heterocycles. The fourth-order valence-electron chi connectivity index (χ4n) is 2.48. The molecule has 0 bridgehead atoms. The number of amides is 2. The number of carboxylic acids is 2. The largest absolute Gasteiger partial charge is 0.478 e. The lowest BCUT2D eigenvalue weighted by Gasteiger charge is -2.21. The zero-order valence-electron chi connectivity index (χ0n) is 14.1. The van der Waals surface area contributed by atoms with Crippen LogP contribution in [0.5, 0.6) is 0 Å². The number of aliphatic hydroxyl groups excluding tert-OH is 4. The predicted octanol–water partition coefficient (Wildman–Crippen LogP) is -2.47. The molecule has 0 aromatic rings. The van der Waals surface area contributed by atoms with Crippen molar-refractivity contribution in [2.24, 2.45) is 5.92 Å². The third-order valence-electron chi connectivity index (χ3n) is 3.92. The van der Waals surface area contributed by atoms with Gasteiger partial charge in [-0.15, -0.1) is 0 Å². The first kappa shape index (κ1) is 22.4. The van der Waals surface area contributed by atoms with Gasteiger partial charge in [0.25, 0.3) is 0 Å². The highest BCUT2D eigenvalue weighted by Gasteiger charge is 2.29. The van der Waals surface area contributed by atoms with Gasteiger partial charge in [-0.1, -0.05) is 12.2 Å². The number of carbonyl (C=O) groups is 4. The number of hydrogen-bond donors (Lipinski definition) is 7. The van der Waals surface area contributed by atoms with E-state index in [9.17, 15) is 34.5 Å². The molecule has 0 aromatic heterocycles. The lowest BCUT2D eigenvalue weighted by molar-refractivity contribution is -0.135. The van der Waals surface area contributed by atoms with Crippen molar-refractivity contribution in [2.45, 2.75) is 37.6 Å². The van der Waals surface area contributed by atoms with Crippen molar-refractivity contribution in [3.05, 3.63) is 23.3 Å². The molecule has 0 spiro atoms. The first-order valence-corrected chi connectivity index (χ1v) is 7.91. The van der Waals surface area contributed by atoms with Crippen LogP contribution in [0.25, 0.3) is 0 Å². The van der Waals surface area contributed by atoms with Crippen LogP contribution in [0.4, 0.5) is 0 Å². The second-order valence-corrected chi connectivity index (χ2v) is 5.96. The zero-order valence-corrected chi connectivity index (χ0v) is 14.1. The third-order valence-corrected chi connectivity index (χ3v) is 3.92. The van der Waals surface area contributed by atoms with E-state index in [2.05, 4.69) is 0 Å². The second-order valence-electron chi connectivity index (χ2n) is 5.96. The van der Waals surface area contributed by atoms with Gasteiger partial charge in [0.2, 0.25) is 11.8 Å². The van der Waals surface area contributed by atoms with Gasteiger partial charge in [0, 0.05) is 23.5 Å². The van der Waals surface area contributed by atoms with Gasteiger partial charge >= 0.3 is 11.9 Å². The van der Waals surface area contributed by atoms with Crippen LogP contribution >= 0.6 is 0 Å². The van der Waals surface area contributed by atoms with E-state index in [1.165, 1.54) is 6.08 Å². The van der Waals surface area contributed by atoms with Crippen LogP contribution in [0.1, 0.15) is 19.3 Å². The monoisotopic (exact) mass is 387 g/mol. The first-order valence-electron chi connectivity index (χ1n) is 7.91. The van der Waals surface area contributed by atoms with Crippen molar-refractivity contribution in [1.82, 2.24) is 5.32 Å². The number of aliphatic carboxylic acids is 2. The Morgan fingerprint density at radius 1 is 1.04 bits per heavy atom. The van der Waals surface area contributed by atoms with E-state index >= 15 is 0 Å². The zero-order chi connectivity index (χ0) is 20.7. The number of aliphatic hydroxyl groups is 4. The van der Waals surface area contributed by atoms with Crippen molar-refractivity contribution in [2.75, 3.05) is 6.61 Å². The maximum absolute atomic E-state index is 11.9. The van der Waals surface area contributed by atoms with E-state index in [1.807, 2.05) is 5.32 Å². The first-order chi connectivity index (χ1) is 12.6. The van der Waals surface area contributed by atoms with E-state index in [4.69, 9.17) is 15.3 Å². The second kappa shape index (κ2) is 9.92. The summed E-state index contributed by atoms with van der Waals surface area (Å²) in [6, 6.07) is 0. The lowest BCUT2D eigenvalue weighted by Crippen LogP contribution is -2.43. The van der Waals surface area contributed by atoms with Crippen molar-refractivity contribution in [3.63, 3.8) is 0 Å². The molecule has 0 aromatic carbocycles. The summed E-state index contributed by atoms with van der Waals surface area (Å²) < 4.78 is 0. The number of allylic oxidation sites excluding steroid dienone is 2. The Bertz CT molecular complexity index is 668. The topological polar surface area (TPSA) is 202 Å². The molecule has 150 valence electrons. The Morgan fingerprint density at radius 3 is 2.19 bits per heavy atom. The summed E-state index contributed by atoms with van der Waals surface area (Å²) in [5, 5.41) is 56.9. The molecule has 1 aliphatic rings. The van der Waals surface area contributed by atoms with Crippen LogP contribution < -0.4 is 5.32 Å². The summed E-state index contributed by atoms with van der Waals surface area (Å²) >= 11 is 0. The summed E-state index contributed by atoms with van der Waals surface area (Å²) in [7, 11) is 0. The number of carbonyl (C=O) groups excluding carboxylic acids is 2. The molecule has 4 atom stereocenters. The van der Waals surface area contributed by atoms with Gasteiger partial charge in [-0.05, 0) is 6.42 Å². The molecule has 0 radical (unpaired) electrons. The Hall–Kier alpha value is -2.60. The van der Waals surface area contributed by atoms with Gasteiger partial charge in [-0.25, -0.2) is 9.59 Å². The fraction of sp³-hybridized carbons (Fsp3) is 0.500. The SMILES string of the molecule is O=C(CC1C=C(C(=O)O)CC=C1C(=O)O)NC(=O)C[C@@H](O)[C@H](O)[C@H](O)CO. The molecule has 1 rings (SSSR count). The fourth-order valence-corrected chi connectivity index (χ4v) is 2.48. The molecule has 0 saturated heterocycles. The number of nitrogens with one attached hydrogen (secondary N) is 1. The average molecular weight is 387 g/mol. The molecular formula is C16H21NO10. The summed E-state index contributed by atoms with van der Waals surface area (Å²) in [5.41, 5.74) is -0.259. The van der Waals surface area contributed by atoms with Crippen molar-refractivity contribution in [3.8, 4) is 0 Å². The third kappa shape index (κ3) is 6.57. The molecular weight excluding hydrogens is 366 g/mol. The van der Waals surface area contributed by atoms with Crippen LogP contribution in [0, 0.1) is 5.92 Å². The lowest BCUT2D eigenvalue weighted by atomic mass is 9.86. The number of hydrogen-bond acceptors (Lipinski definition) is 8. The molecule has 11 heteroatoms. The smallest absolute Gasteiger partial charge is 0.331 e. The molecule has 11 nitrogen and oxygen atoms in total. The summed E-state index contributed by atoms with van der Waals surface area (Å²) in [5.74, 6) is -5.55. The maximum Gasteiger partial charge on any atom is 0.331 e. The molecule has 27 heavy (non-hydrogen) atoms. The highest BCUT2D eigenvalue weighted by Crippen LogP contribution is 2.26. The summed E-state index contributed by atoms with van der Waals surface area (Å²) in [4.78, 5) is 45.9. The van der Waals surface area contributed by atoms with Crippen LogP contribution in [0.15, 0.2) is 23.3 Å². The predicted molar refractivity (Wildman–Crippen MR) is 87.0 cm³/mol. The van der Waals surface area contributed by atoms with Gasteiger partial charge in [0.15, 0.2) is 0 Å². The van der Waals surface area contributed by atoms with E-state index < -0.39 is 67.4 Å². The van der Waals surface area contributed by atoms with Gasteiger partial charge in [-0.2, -0.15) is 0 Å². The minimum atomic E-state index is -1.81. The van der Waals surface area contributed by atoms with Crippen LogP contribution in [0.2, 0.25) is 0 Å². The number of imide groups is 1. The molecule has 1 unspecified atom stereocenters. The molecule has 0 saturated carbocycles. The van der Waals surface area contributed by atoms with Crippen LogP contribution in [-0.2, 0) is 19.2 Å². The summed E-state index contributed by atoms with van der Waals surface area (Å²) in [6.07, 6.45) is -4.29. The highest BCUT2D eigenvalue weighted by atomic mass is 16.4. The normalized spacial score (nSPS) is 19.9. The van der Waals surface area contributed by atoms with Gasteiger partial charge in [-0.3, -0.25) is 14.9 Å². The Labute approximate surface area is 153 Å². The highest BCUT2D eigenvalue weighted by molar-refractivity contribution is 5.97. The van der Waals surface area contributed by atoms with E-state index in [1.54, 1.807) is 0 Å². The van der Waals surface area contributed by atoms with Crippen molar-refractivity contribution >= 4 is 23.8 Å². The van der Waals surface area contributed by atoms with Crippen LogP contribution in [-0.4, -0.2) is 79.3 Å². The van der Waals surface area contributed by atoms with E-state index in [-0.39, 0.29) is 17.6 Å². The number of rotatable bonds is 9. The summed E-state index contributed by atoms with van der Waals surface area (Å²) in [6.45, 7) is -0.844. The molecule has 0 aliphatic heterocycles. The quantitative estimate of drug-likeness (QED) is 0.222. The molecule has 1 aliphatic carbocycles. The average Bonchev–Trinajstić information content (AvgIpc) is 2.59. The minimum absolute atomic E-state index is 0.0827. The molecule has 2 amide bonds.